The molecule has 1 amide bonds. The Balaban J connectivity index is 1.62. The molecule has 0 unspecified atom stereocenters. The molecule has 2 aromatic carbocycles. The number of allylic oxidation sites excluding steroid dienone is 1. The molecule has 0 saturated carbocycles. The van der Waals surface area contributed by atoms with Crippen molar-refractivity contribution in [3.8, 4) is 5.75 Å². The number of nitrogens with one attached hydrogen (secondary N) is 1. The van der Waals surface area contributed by atoms with Crippen LogP contribution in [0.2, 0.25) is 0 Å². The van der Waals surface area contributed by atoms with Crippen LogP contribution in [0.5, 0.6) is 5.75 Å². The van der Waals surface area contributed by atoms with Crippen LogP contribution in [-0.2, 0) is 17.8 Å². The van der Waals surface area contributed by atoms with Gasteiger partial charge in [-0.05, 0) is 68.0 Å². The van der Waals surface area contributed by atoms with Crippen molar-refractivity contribution in [1.82, 2.24) is 14.9 Å². The van der Waals surface area contributed by atoms with Crippen molar-refractivity contribution in [2.24, 2.45) is 0 Å². The molecule has 1 N–H and O–H groups in total. The van der Waals surface area contributed by atoms with Crippen LogP contribution < -0.4 is 10.1 Å². The number of para-hydroxylation sites is 2. The van der Waals surface area contributed by atoms with Crippen molar-refractivity contribution >= 4 is 16.9 Å². The van der Waals surface area contributed by atoms with E-state index in [0.717, 1.165) is 48.4 Å². The number of carbonyl (C=O) groups excluding carboxylic acids is 1. The molecule has 0 atom stereocenters. The van der Waals surface area contributed by atoms with Gasteiger partial charge in [-0.25, -0.2) is 4.98 Å². The van der Waals surface area contributed by atoms with Gasteiger partial charge in [0.25, 0.3) is 0 Å². The molecule has 0 aliphatic rings. The number of hydrogen-bond acceptors (Lipinski definition) is 3. The van der Waals surface area contributed by atoms with Gasteiger partial charge < -0.3 is 14.6 Å². The van der Waals surface area contributed by atoms with Gasteiger partial charge in [-0.2, -0.15) is 0 Å². The number of rotatable bonds is 11. The van der Waals surface area contributed by atoms with Crippen LogP contribution in [0.3, 0.4) is 0 Å². The Hall–Kier alpha value is -3.08. The topological polar surface area (TPSA) is 56.2 Å². The molecule has 0 saturated heterocycles. The molecule has 0 radical (unpaired) electrons. The number of aryl methyl sites for hydroxylation is 3. The number of fused-ring (bicyclic) bond motifs is 1. The summed E-state index contributed by atoms with van der Waals surface area (Å²) in [4.78, 5) is 16.5. The molecule has 1 heterocycles. The van der Waals surface area contributed by atoms with E-state index in [4.69, 9.17) is 9.72 Å². The first-order valence-electron chi connectivity index (χ1n) is 11.6. The van der Waals surface area contributed by atoms with Crippen LogP contribution in [-0.4, -0.2) is 28.6 Å². The average molecular weight is 434 g/mol. The molecule has 3 rings (SSSR count). The number of aromatic nitrogens is 2. The van der Waals surface area contributed by atoms with Gasteiger partial charge in [0, 0.05) is 19.5 Å². The molecule has 0 bridgehead atoms. The summed E-state index contributed by atoms with van der Waals surface area (Å²) in [5, 5.41) is 2.91. The lowest BCUT2D eigenvalue weighted by molar-refractivity contribution is -0.116. The minimum absolute atomic E-state index is 0.0462. The minimum Gasteiger partial charge on any atom is -0.493 e. The number of benzene rings is 2. The number of ether oxygens (including phenoxy) is 1. The predicted octanol–water partition coefficient (Wildman–Crippen LogP) is 5.56. The highest BCUT2D eigenvalue weighted by atomic mass is 16.5. The second kappa shape index (κ2) is 11.5. The SMILES string of the molecule is C/C=C\C(=O)NCCCc1nc2ccccc2n1CCCOc1cc(C)ccc1C(C)C. The zero-order valence-corrected chi connectivity index (χ0v) is 19.7. The number of carbonyl (C=O) groups is 1. The third-order valence-electron chi connectivity index (χ3n) is 5.50. The maximum absolute atomic E-state index is 11.6. The molecule has 0 fully saturated rings. The second-order valence-electron chi connectivity index (χ2n) is 8.46. The molecule has 0 aliphatic carbocycles. The maximum atomic E-state index is 11.6. The quantitative estimate of drug-likeness (QED) is 0.318. The molecule has 1 aromatic heterocycles. The fourth-order valence-corrected chi connectivity index (χ4v) is 3.88. The van der Waals surface area contributed by atoms with Gasteiger partial charge in [-0.3, -0.25) is 4.79 Å². The molecule has 0 aliphatic heterocycles. The van der Waals surface area contributed by atoms with Gasteiger partial charge >= 0.3 is 0 Å². The van der Waals surface area contributed by atoms with Crippen molar-refractivity contribution < 1.29 is 9.53 Å². The monoisotopic (exact) mass is 433 g/mol. The van der Waals surface area contributed by atoms with Gasteiger partial charge in [0.05, 0.1) is 17.6 Å². The van der Waals surface area contributed by atoms with Crippen LogP contribution in [0.15, 0.2) is 54.6 Å². The molecule has 5 heteroatoms. The number of imidazole rings is 1. The van der Waals surface area contributed by atoms with E-state index in [2.05, 4.69) is 67.1 Å². The number of amides is 1. The van der Waals surface area contributed by atoms with E-state index in [1.807, 2.05) is 13.0 Å². The standard InChI is InChI=1S/C27H35N3O2/c1-5-10-27(31)28-16-8-13-26-29-23-11-6-7-12-24(23)30(26)17-9-18-32-25-19-21(4)14-15-22(25)20(2)3/h5-7,10-12,14-15,19-20H,8-9,13,16-18H2,1-4H3,(H,28,31)/b10-5-. The van der Waals surface area contributed by atoms with Crippen LogP contribution in [0.1, 0.15) is 56.5 Å². The first kappa shape index (κ1) is 23.6. The van der Waals surface area contributed by atoms with Crippen molar-refractivity contribution in [1.29, 1.82) is 0 Å². The summed E-state index contributed by atoms with van der Waals surface area (Å²) in [5.41, 5.74) is 4.64. The van der Waals surface area contributed by atoms with Gasteiger partial charge in [0.15, 0.2) is 0 Å². The van der Waals surface area contributed by atoms with Crippen molar-refractivity contribution in [3.63, 3.8) is 0 Å². The Morgan fingerprint density at radius 2 is 2.00 bits per heavy atom. The molecular formula is C27H35N3O2. The van der Waals surface area contributed by atoms with Crippen LogP contribution in [0.25, 0.3) is 11.0 Å². The largest absolute Gasteiger partial charge is 0.493 e. The molecule has 32 heavy (non-hydrogen) atoms. The highest BCUT2D eigenvalue weighted by molar-refractivity contribution is 5.87. The van der Waals surface area contributed by atoms with E-state index < -0.39 is 0 Å². The highest BCUT2D eigenvalue weighted by Crippen LogP contribution is 2.27. The summed E-state index contributed by atoms with van der Waals surface area (Å²) in [5.74, 6) is 2.44. The van der Waals surface area contributed by atoms with E-state index in [1.165, 1.54) is 11.1 Å². The Morgan fingerprint density at radius 3 is 2.78 bits per heavy atom. The van der Waals surface area contributed by atoms with Crippen molar-refractivity contribution in [2.45, 2.75) is 59.4 Å². The predicted molar refractivity (Wildman–Crippen MR) is 131 cm³/mol. The Labute approximate surface area is 191 Å². The Bertz CT molecular complexity index is 1070. The molecular weight excluding hydrogens is 398 g/mol. The smallest absolute Gasteiger partial charge is 0.243 e. The zero-order valence-electron chi connectivity index (χ0n) is 19.7. The highest BCUT2D eigenvalue weighted by Gasteiger charge is 2.11. The minimum atomic E-state index is -0.0462. The molecule has 5 nitrogen and oxygen atoms in total. The fourth-order valence-electron chi connectivity index (χ4n) is 3.88. The molecule has 0 spiro atoms. The summed E-state index contributed by atoms with van der Waals surface area (Å²) in [6.07, 6.45) is 5.87. The maximum Gasteiger partial charge on any atom is 0.243 e. The summed E-state index contributed by atoms with van der Waals surface area (Å²) in [7, 11) is 0. The third kappa shape index (κ3) is 6.22. The molecule has 170 valence electrons. The third-order valence-corrected chi connectivity index (χ3v) is 5.50. The summed E-state index contributed by atoms with van der Waals surface area (Å²) < 4.78 is 8.49. The zero-order chi connectivity index (χ0) is 22.9. The number of nitrogens with zero attached hydrogens (tertiary/aromatic N) is 2. The lowest BCUT2D eigenvalue weighted by atomic mass is 10.0. The van der Waals surface area contributed by atoms with E-state index in [0.29, 0.717) is 19.1 Å². The average Bonchev–Trinajstić information content (AvgIpc) is 3.12. The van der Waals surface area contributed by atoms with Gasteiger partial charge in [-0.15, -0.1) is 0 Å². The summed E-state index contributed by atoms with van der Waals surface area (Å²) >= 11 is 0. The molecule has 3 aromatic rings. The lowest BCUT2D eigenvalue weighted by Crippen LogP contribution is -2.22. The van der Waals surface area contributed by atoms with Gasteiger partial charge in [-0.1, -0.05) is 44.2 Å². The second-order valence-corrected chi connectivity index (χ2v) is 8.46. The van der Waals surface area contributed by atoms with Gasteiger partial charge in [0.2, 0.25) is 5.91 Å². The Kier molecular flexibility index (Phi) is 8.48. The normalized spacial score (nSPS) is 11.5. The summed E-state index contributed by atoms with van der Waals surface area (Å²) in [6, 6.07) is 14.7. The van der Waals surface area contributed by atoms with Crippen molar-refractivity contribution in [3.05, 3.63) is 71.6 Å². The summed E-state index contributed by atoms with van der Waals surface area (Å²) in [6.45, 7) is 10.5. The first-order valence-corrected chi connectivity index (χ1v) is 11.6. The van der Waals surface area contributed by atoms with E-state index >= 15 is 0 Å². The van der Waals surface area contributed by atoms with Crippen molar-refractivity contribution in [2.75, 3.05) is 13.2 Å². The van der Waals surface area contributed by atoms with Crippen LogP contribution in [0, 0.1) is 6.92 Å². The van der Waals surface area contributed by atoms with Crippen LogP contribution in [0.4, 0.5) is 0 Å². The Morgan fingerprint density at radius 1 is 1.19 bits per heavy atom. The van der Waals surface area contributed by atoms with Crippen LogP contribution >= 0.6 is 0 Å². The van der Waals surface area contributed by atoms with E-state index in [1.54, 1.807) is 12.2 Å². The van der Waals surface area contributed by atoms with Gasteiger partial charge in [0.1, 0.15) is 11.6 Å². The lowest BCUT2D eigenvalue weighted by Gasteiger charge is -2.15. The number of hydrogen-bond donors (Lipinski definition) is 1. The van der Waals surface area contributed by atoms with E-state index in [9.17, 15) is 4.79 Å². The van der Waals surface area contributed by atoms with E-state index in [-0.39, 0.29) is 5.91 Å². The first-order chi connectivity index (χ1) is 15.5. The fraction of sp³-hybridized carbons (Fsp3) is 0.407.